The highest BCUT2D eigenvalue weighted by Gasteiger charge is 2.71. The third kappa shape index (κ3) is 4.42. The van der Waals surface area contributed by atoms with Gasteiger partial charge >= 0.3 is 0 Å². The molecular weight excluding hydrogens is 568 g/mol. The van der Waals surface area contributed by atoms with Gasteiger partial charge in [-0.1, -0.05) is 34.3 Å². The molecule has 248 valence electrons. The normalized spacial score (nSPS) is 57.6. The molecule has 0 N–H and O–H groups in total. The molecule has 5 unspecified atom stereocenters. The minimum Gasteiger partial charge on any atom is -0.348 e. The van der Waals surface area contributed by atoms with Crippen LogP contribution in [-0.2, 0) is 48.0 Å². The Morgan fingerprint density at radius 2 is 1.05 bits per heavy atom. The SMILES string of the molecule is C=C(COC1O[C@@H]2OC3(C)CC[C@H]4[C@H](C)CC[C@@H]([C@H]1C)C24OO3)CO[C@H]1O[C@@H]2OC3(C)CC[C@H]4[C@H](C)CC[C@@H]([C@H]1C)C24OO3. The summed E-state index contributed by atoms with van der Waals surface area (Å²) < 4.78 is 39.0. The van der Waals surface area contributed by atoms with Crippen molar-refractivity contribution < 1.29 is 48.0 Å². The highest BCUT2D eigenvalue weighted by Crippen LogP contribution is 2.62. The minimum absolute atomic E-state index is 0.107. The zero-order chi connectivity index (χ0) is 30.6. The Hall–Kier alpha value is -0.660. The fourth-order valence-corrected chi connectivity index (χ4v) is 10.6. The van der Waals surface area contributed by atoms with Crippen LogP contribution in [0.4, 0.5) is 0 Å². The second-order valence-corrected chi connectivity index (χ2v) is 15.9. The molecule has 44 heavy (non-hydrogen) atoms. The molecule has 8 aliphatic heterocycles. The van der Waals surface area contributed by atoms with E-state index in [1.54, 1.807) is 0 Å². The van der Waals surface area contributed by atoms with Crippen LogP contribution in [0, 0.1) is 47.3 Å². The van der Waals surface area contributed by atoms with E-state index in [0.29, 0.717) is 36.9 Å². The fraction of sp³-hybridized carbons (Fsp3) is 0.941. The summed E-state index contributed by atoms with van der Waals surface area (Å²) in [5.41, 5.74) is -0.368. The molecule has 0 radical (unpaired) electrons. The molecule has 2 saturated carbocycles. The van der Waals surface area contributed by atoms with Crippen LogP contribution in [-0.4, -0.2) is 61.2 Å². The Balaban J connectivity index is 0.917. The van der Waals surface area contributed by atoms with Gasteiger partial charge in [-0.15, -0.1) is 0 Å². The molecule has 0 aromatic carbocycles. The van der Waals surface area contributed by atoms with Gasteiger partial charge < -0.3 is 28.4 Å². The second kappa shape index (κ2) is 10.7. The molecule has 10 aliphatic rings. The van der Waals surface area contributed by atoms with Gasteiger partial charge in [0.2, 0.25) is 11.6 Å². The van der Waals surface area contributed by atoms with Gasteiger partial charge in [0, 0.05) is 36.5 Å². The first-order valence-corrected chi connectivity index (χ1v) is 17.3. The van der Waals surface area contributed by atoms with Crippen molar-refractivity contribution in [2.45, 2.75) is 141 Å². The van der Waals surface area contributed by atoms with Crippen LogP contribution in [0.25, 0.3) is 0 Å². The summed E-state index contributed by atoms with van der Waals surface area (Å²) in [6.45, 7) is 17.9. The Morgan fingerprint density at radius 3 is 1.48 bits per heavy atom. The van der Waals surface area contributed by atoms with Gasteiger partial charge in [0.05, 0.1) is 13.2 Å². The predicted octanol–water partition coefficient (Wildman–Crippen LogP) is 5.99. The summed E-state index contributed by atoms with van der Waals surface area (Å²) in [4.78, 5) is 24.4. The van der Waals surface area contributed by atoms with E-state index >= 15 is 0 Å². The Labute approximate surface area is 261 Å². The van der Waals surface area contributed by atoms with Crippen molar-refractivity contribution in [3.63, 3.8) is 0 Å². The van der Waals surface area contributed by atoms with Gasteiger partial charge in [-0.3, -0.25) is 0 Å². The molecule has 0 aromatic rings. The molecule has 16 atom stereocenters. The number of rotatable bonds is 6. The Bertz CT molecular complexity index is 1050. The van der Waals surface area contributed by atoms with Gasteiger partial charge in [-0.05, 0) is 81.6 Å². The van der Waals surface area contributed by atoms with Crippen LogP contribution >= 0.6 is 0 Å². The zero-order valence-electron chi connectivity index (χ0n) is 27.3. The summed E-state index contributed by atoms with van der Waals surface area (Å²) in [7, 11) is 0. The first-order chi connectivity index (χ1) is 21.0. The molecule has 10 fully saturated rings. The molecule has 4 bridgehead atoms. The maximum atomic E-state index is 6.58. The van der Waals surface area contributed by atoms with E-state index in [1.165, 1.54) is 0 Å². The van der Waals surface area contributed by atoms with E-state index in [9.17, 15) is 0 Å². The monoisotopic (exact) mass is 620 g/mol. The zero-order valence-corrected chi connectivity index (χ0v) is 27.3. The molecule has 2 aliphatic carbocycles. The summed E-state index contributed by atoms with van der Waals surface area (Å²) in [5, 5.41) is 0. The first kappa shape index (κ1) is 30.7. The summed E-state index contributed by atoms with van der Waals surface area (Å²) in [5.74, 6) is 0.737. The molecule has 8 saturated heterocycles. The van der Waals surface area contributed by atoms with Gasteiger partial charge in [0.25, 0.3) is 0 Å². The third-order valence-electron chi connectivity index (χ3n) is 13.1. The van der Waals surface area contributed by atoms with E-state index in [0.717, 1.165) is 56.9 Å². The van der Waals surface area contributed by atoms with Gasteiger partial charge in [-0.25, -0.2) is 19.6 Å². The van der Waals surface area contributed by atoms with Crippen molar-refractivity contribution in [2.75, 3.05) is 13.2 Å². The summed E-state index contributed by atoms with van der Waals surface area (Å²) >= 11 is 0. The van der Waals surface area contributed by atoms with E-state index in [1.807, 2.05) is 13.8 Å². The third-order valence-corrected chi connectivity index (χ3v) is 13.1. The molecule has 0 amide bonds. The molecule has 10 nitrogen and oxygen atoms in total. The molecule has 0 aromatic heterocycles. The standard InChI is InChI=1S/C34H52O10/c1-18(16-35-27-21(4)25-10-8-19(2)23-12-14-31(6)39-29(37-27)33(23,25)43-41-31)17-36-28-22(5)26-11-9-20(3)24-13-15-32(7)40-30(38-28)34(24,26)44-42-32/h19-30H,1,8-17H2,2-7H3/t19-,20-,21-,22-,23+,24+,25+,26+,27+,28?,29-,30-,31?,32?,33?,34?/m1/s1. The lowest BCUT2D eigenvalue weighted by atomic mass is 9.58. The van der Waals surface area contributed by atoms with Gasteiger partial charge in [-0.2, -0.15) is 0 Å². The highest BCUT2D eigenvalue weighted by atomic mass is 17.3. The highest BCUT2D eigenvalue weighted by molar-refractivity contribution is 5.11. The van der Waals surface area contributed by atoms with Crippen LogP contribution in [0.3, 0.4) is 0 Å². The number of ether oxygens (including phenoxy) is 6. The summed E-state index contributed by atoms with van der Waals surface area (Å²) in [6, 6.07) is 0. The molecule has 10 rings (SSSR count). The molecular formula is C34H52O10. The number of fused-ring (bicyclic) bond motifs is 4. The van der Waals surface area contributed by atoms with Gasteiger partial charge in [0.15, 0.2) is 36.4 Å². The quantitative estimate of drug-likeness (QED) is 0.260. The smallest absolute Gasteiger partial charge is 0.201 e. The van der Waals surface area contributed by atoms with Crippen molar-refractivity contribution in [3.05, 3.63) is 12.2 Å². The number of hydrogen-bond acceptors (Lipinski definition) is 10. The average Bonchev–Trinajstić information content (AvgIpc) is 3.37. The van der Waals surface area contributed by atoms with Crippen molar-refractivity contribution in [1.29, 1.82) is 0 Å². The lowest BCUT2D eigenvalue weighted by Crippen LogP contribution is -2.70. The first-order valence-electron chi connectivity index (χ1n) is 17.3. The van der Waals surface area contributed by atoms with Crippen LogP contribution in [0.1, 0.15) is 92.9 Å². The van der Waals surface area contributed by atoms with E-state index in [4.69, 9.17) is 48.0 Å². The fourth-order valence-electron chi connectivity index (χ4n) is 10.6. The van der Waals surface area contributed by atoms with Gasteiger partial charge in [0.1, 0.15) is 0 Å². The van der Waals surface area contributed by atoms with Crippen LogP contribution in [0.2, 0.25) is 0 Å². The van der Waals surface area contributed by atoms with E-state index in [-0.39, 0.29) is 23.7 Å². The summed E-state index contributed by atoms with van der Waals surface area (Å²) in [6.07, 6.45) is 6.04. The average molecular weight is 621 g/mol. The predicted molar refractivity (Wildman–Crippen MR) is 155 cm³/mol. The van der Waals surface area contributed by atoms with Crippen LogP contribution in [0.5, 0.6) is 0 Å². The van der Waals surface area contributed by atoms with Crippen molar-refractivity contribution in [2.24, 2.45) is 47.3 Å². The molecule has 10 heteroatoms. The van der Waals surface area contributed by atoms with Crippen molar-refractivity contribution in [1.82, 2.24) is 0 Å². The lowest BCUT2D eigenvalue weighted by Gasteiger charge is -2.60. The van der Waals surface area contributed by atoms with E-state index in [2.05, 4.69) is 34.3 Å². The van der Waals surface area contributed by atoms with Crippen LogP contribution < -0.4 is 0 Å². The van der Waals surface area contributed by atoms with Crippen LogP contribution in [0.15, 0.2) is 12.2 Å². The topological polar surface area (TPSA) is 92.3 Å². The van der Waals surface area contributed by atoms with Crippen molar-refractivity contribution in [3.8, 4) is 0 Å². The Kier molecular flexibility index (Phi) is 7.44. The Morgan fingerprint density at radius 1 is 0.614 bits per heavy atom. The molecule has 2 spiro atoms. The second-order valence-electron chi connectivity index (χ2n) is 15.9. The number of hydrogen-bond donors (Lipinski definition) is 0. The maximum absolute atomic E-state index is 6.58. The van der Waals surface area contributed by atoms with E-state index < -0.39 is 47.9 Å². The minimum atomic E-state index is -0.805. The van der Waals surface area contributed by atoms with Crippen molar-refractivity contribution >= 4 is 0 Å². The lowest BCUT2D eigenvalue weighted by molar-refractivity contribution is -0.577. The molecule has 8 heterocycles. The maximum Gasteiger partial charge on any atom is 0.201 e. The largest absolute Gasteiger partial charge is 0.348 e.